The van der Waals surface area contributed by atoms with Crippen LogP contribution in [-0.4, -0.2) is 23.3 Å². The molecule has 1 atom stereocenters. The van der Waals surface area contributed by atoms with Crippen LogP contribution in [0.25, 0.3) is 0 Å². The molecule has 1 aromatic carbocycles. The van der Waals surface area contributed by atoms with Crippen molar-refractivity contribution in [2.75, 3.05) is 6.54 Å². The first-order chi connectivity index (χ1) is 7.83. The van der Waals surface area contributed by atoms with Gasteiger partial charge < -0.3 is 4.90 Å². The monoisotopic (exact) mass is 216 g/mol. The van der Waals surface area contributed by atoms with Crippen LogP contribution in [0.4, 0.5) is 0 Å². The van der Waals surface area contributed by atoms with Crippen LogP contribution in [0.15, 0.2) is 30.3 Å². The highest BCUT2D eigenvalue weighted by molar-refractivity contribution is 5.96. The van der Waals surface area contributed by atoms with Crippen LogP contribution in [0, 0.1) is 5.41 Å². The highest BCUT2D eigenvalue weighted by Crippen LogP contribution is 2.21. The fraction of sp³-hybridized carbons (Fsp3) is 0.500. The van der Waals surface area contributed by atoms with Crippen LogP contribution in [0.5, 0.6) is 0 Å². The van der Waals surface area contributed by atoms with Gasteiger partial charge in [0.1, 0.15) is 5.84 Å². The Hall–Kier alpha value is -1.31. The standard InChI is InChI=1S/C14H20N2/c1-2-13-10-6-7-11-16(13)14(15)12-8-4-3-5-9-12/h3-5,8-9,13,15H,2,6-7,10-11H2,1H3. The van der Waals surface area contributed by atoms with Gasteiger partial charge in [-0.25, -0.2) is 0 Å². The van der Waals surface area contributed by atoms with E-state index < -0.39 is 0 Å². The number of rotatable bonds is 2. The average molecular weight is 216 g/mol. The van der Waals surface area contributed by atoms with E-state index >= 15 is 0 Å². The number of likely N-dealkylation sites (tertiary alicyclic amines) is 1. The molecule has 0 radical (unpaired) electrons. The van der Waals surface area contributed by atoms with E-state index in [0.29, 0.717) is 11.9 Å². The van der Waals surface area contributed by atoms with Gasteiger partial charge in [-0.05, 0) is 25.7 Å². The van der Waals surface area contributed by atoms with Gasteiger partial charge in [-0.3, -0.25) is 5.41 Å². The third kappa shape index (κ3) is 2.26. The second-order valence-electron chi connectivity index (χ2n) is 4.47. The van der Waals surface area contributed by atoms with Crippen molar-refractivity contribution < 1.29 is 0 Å². The minimum absolute atomic E-state index is 0.571. The molecule has 2 heteroatoms. The Morgan fingerprint density at radius 3 is 2.75 bits per heavy atom. The van der Waals surface area contributed by atoms with E-state index in [1.807, 2.05) is 30.3 Å². The molecule has 0 aromatic heterocycles. The summed E-state index contributed by atoms with van der Waals surface area (Å²) >= 11 is 0. The first kappa shape index (κ1) is 11.2. The number of amidine groups is 1. The van der Waals surface area contributed by atoms with Crippen LogP contribution in [-0.2, 0) is 0 Å². The van der Waals surface area contributed by atoms with Crippen molar-refractivity contribution in [2.24, 2.45) is 0 Å². The molecule has 2 nitrogen and oxygen atoms in total. The van der Waals surface area contributed by atoms with Gasteiger partial charge in [0, 0.05) is 18.2 Å². The summed E-state index contributed by atoms with van der Waals surface area (Å²) in [6.45, 7) is 3.27. The molecule has 16 heavy (non-hydrogen) atoms. The molecule has 1 fully saturated rings. The van der Waals surface area contributed by atoms with Gasteiger partial charge in [0.2, 0.25) is 0 Å². The van der Waals surface area contributed by atoms with Crippen molar-refractivity contribution >= 4 is 5.84 Å². The molecule has 0 amide bonds. The zero-order valence-corrected chi connectivity index (χ0v) is 9.95. The second kappa shape index (κ2) is 5.15. The van der Waals surface area contributed by atoms with Crippen molar-refractivity contribution in [2.45, 2.75) is 38.6 Å². The zero-order valence-electron chi connectivity index (χ0n) is 9.95. The van der Waals surface area contributed by atoms with E-state index in [1.54, 1.807) is 0 Å². The summed E-state index contributed by atoms with van der Waals surface area (Å²) in [5.41, 5.74) is 1.04. The lowest BCUT2D eigenvalue weighted by molar-refractivity contribution is 0.235. The van der Waals surface area contributed by atoms with E-state index in [2.05, 4.69) is 11.8 Å². The normalized spacial score (nSPS) is 20.8. The fourth-order valence-electron chi connectivity index (χ4n) is 2.48. The van der Waals surface area contributed by atoms with Gasteiger partial charge in [0.15, 0.2) is 0 Å². The molecular weight excluding hydrogens is 196 g/mol. The Bertz CT molecular complexity index is 345. The van der Waals surface area contributed by atoms with Gasteiger partial charge in [-0.1, -0.05) is 37.3 Å². The van der Waals surface area contributed by atoms with Gasteiger partial charge in [-0.15, -0.1) is 0 Å². The summed E-state index contributed by atoms with van der Waals surface area (Å²) in [5, 5.41) is 8.28. The van der Waals surface area contributed by atoms with Crippen LogP contribution >= 0.6 is 0 Å². The van der Waals surface area contributed by atoms with Crippen molar-refractivity contribution in [3.63, 3.8) is 0 Å². The van der Waals surface area contributed by atoms with Crippen LogP contribution in [0.1, 0.15) is 38.2 Å². The third-order valence-electron chi connectivity index (χ3n) is 3.43. The largest absolute Gasteiger partial charge is 0.354 e. The quantitative estimate of drug-likeness (QED) is 0.596. The molecule has 1 aromatic rings. The number of hydrogen-bond donors (Lipinski definition) is 1. The Balaban J connectivity index is 2.14. The number of nitrogens with zero attached hydrogens (tertiary/aromatic N) is 1. The molecule has 1 heterocycles. The molecule has 2 rings (SSSR count). The van der Waals surface area contributed by atoms with E-state index in [-0.39, 0.29) is 0 Å². The second-order valence-corrected chi connectivity index (χ2v) is 4.47. The van der Waals surface area contributed by atoms with E-state index in [9.17, 15) is 0 Å². The summed E-state index contributed by atoms with van der Waals surface area (Å²) in [6, 6.07) is 10.7. The maximum atomic E-state index is 8.28. The molecule has 0 bridgehead atoms. The maximum absolute atomic E-state index is 8.28. The first-order valence-electron chi connectivity index (χ1n) is 6.23. The van der Waals surface area contributed by atoms with Gasteiger partial charge in [-0.2, -0.15) is 0 Å². The summed E-state index contributed by atoms with van der Waals surface area (Å²) in [4.78, 5) is 2.28. The minimum Gasteiger partial charge on any atom is -0.354 e. The van der Waals surface area contributed by atoms with E-state index in [1.165, 1.54) is 19.3 Å². The zero-order chi connectivity index (χ0) is 11.4. The van der Waals surface area contributed by atoms with Crippen molar-refractivity contribution in [3.05, 3.63) is 35.9 Å². The molecule has 0 spiro atoms. The molecule has 86 valence electrons. The van der Waals surface area contributed by atoms with Crippen LogP contribution in [0.2, 0.25) is 0 Å². The Labute approximate surface area is 97.8 Å². The molecule has 0 saturated carbocycles. The topological polar surface area (TPSA) is 27.1 Å². The van der Waals surface area contributed by atoms with Crippen LogP contribution < -0.4 is 0 Å². The summed E-state index contributed by atoms with van der Waals surface area (Å²) in [6.07, 6.45) is 4.93. The minimum atomic E-state index is 0.571. The summed E-state index contributed by atoms with van der Waals surface area (Å²) < 4.78 is 0. The molecule has 1 unspecified atom stereocenters. The number of piperidine rings is 1. The molecule has 1 saturated heterocycles. The fourth-order valence-corrected chi connectivity index (χ4v) is 2.48. The predicted octanol–water partition coefficient (Wildman–Crippen LogP) is 3.28. The molecule has 1 N–H and O–H groups in total. The smallest absolute Gasteiger partial charge is 0.128 e. The lowest BCUT2D eigenvalue weighted by Gasteiger charge is -2.37. The Morgan fingerprint density at radius 1 is 1.31 bits per heavy atom. The lowest BCUT2D eigenvalue weighted by Crippen LogP contribution is -2.43. The van der Waals surface area contributed by atoms with Gasteiger partial charge >= 0.3 is 0 Å². The number of benzene rings is 1. The van der Waals surface area contributed by atoms with Crippen LogP contribution in [0.3, 0.4) is 0 Å². The predicted molar refractivity (Wildman–Crippen MR) is 67.9 cm³/mol. The van der Waals surface area contributed by atoms with Gasteiger partial charge in [0.05, 0.1) is 0 Å². The van der Waals surface area contributed by atoms with Crippen molar-refractivity contribution in [3.8, 4) is 0 Å². The third-order valence-corrected chi connectivity index (χ3v) is 3.43. The first-order valence-corrected chi connectivity index (χ1v) is 6.23. The molecule has 1 aliphatic heterocycles. The average Bonchev–Trinajstić information content (AvgIpc) is 2.39. The summed E-state index contributed by atoms with van der Waals surface area (Å²) in [5.74, 6) is 0.701. The lowest BCUT2D eigenvalue weighted by atomic mass is 9.98. The maximum Gasteiger partial charge on any atom is 0.128 e. The highest BCUT2D eigenvalue weighted by atomic mass is 15.2. The van der Waals surface area contributed by atoms with Crippen molar-refractivity contribution in [1.82, 2.24) is 4.90 Å². The summed E-state index contributed by atoms with van der Waals surface area (Å²) in [7, 11) is 0. The molecule has 1 aliphatic rings. The van der Waals surface area contributed by atoms with Gasteiger partial charge in [0.25, 0.3) is 0 Å². The SMILES string of the molecule is CCC1CCCCN1C(=N)c1ccccc1. The highest BCUT2D eigenvalue weighted by Gasteiger charge is 2.23. The molecular formula is C14H20N2. The number of nitrogens with one attached hydrogen (secondary N) is 1. The molecule has 0 aliphatic carbocycles. The Kier molecular flexibility index (Phi) is 3.60. The van der Waals surface area contributed by atoms with E-state index in [0.717, 1.165) is 18.5 Å². The number of hydrogen-bond acceptors (Lipinski definition) is 1. The van der Waals surface area contributed by atoms with Crippen molar-refractivity contribution in [1.29, 1.82) is 5.41 Å². The van der Waals surface area contributed by atoms with E-state index in [4.69, 9.17) is 5.41 Å². The Morgan fingerprint density at radius 2 is 2.06 bits per heavy atom.